The van der Waals surface area contributed by atoms with Crippen LogP contribution in [0.2, 0.25) is 0 Å². The Kier molecular flexibility index (Phi) is 34.7. The standard InChI is InChI=1S/C41H82NO7P/c1-6-8-10-12-14-16-18-20-22-24-26-28-30-32-34-41(43)49-40(39-48-50(44,45)47-37-35-42(3,4)5)38-46-36-33-31-29-27-25-23-21-19-17-15-13-11-9-7-2/h18,20,40H,6-17,19,21-39H2,1-5H3/b20-18-. The van der Waals surface area contributed by atoms with Crippen molar-refractivity contribution in [1.82, 2.24) is 0 Å². The van der Waals surface area contributed by atoms with Crippen LogP contribution in [0.5, 0.6) is 0 Å². The van der Waals surface area contributed by atoms with Crippen LogP contribution >= 0.6 is 7.82 Å². The lowest BCUT2D eigenvalue weighted by atomic mass is 10.0. The Balaban J connectivity index is 4.25. The van der Waals surface area contributed by atoms with Gasteiger partial charge in [0.05, 0.1) is 34.4 Å². The highest BCUT2D eigenvalue weighted by Gasteiger charge is 2.20. The predicted molar refractivity (Wildman–Crippen MR) is 208 cm³/mol. The van der Waals surface area contributed by atoms with E-state index in [1.54, 1.807) is 0 Å². The molecule has 8 nitrogen and oxygen atoms in total. The first kappa shape index (κ1) is 49.2. The first-order valence-electron chi connectivity index (χ1n) is 20.9. The van der Waals surface area contributed by atoms with Crippen LogP contribution in [0.25, 0.3) is 0 Å². The van der Waals surface area contributed by atoms with Crippen molar-refractivity contribution < 1.29 is 37.3 Å². The molecule has 0 fully saturated rings. The normalized spacial score (nSPS) is 14.0. The van der Waals surface area contributed by atoms with Crippen molar-refractivity contribution in [3.8, 4) is 0 Å². The monoisotopic (exact) mass is 732 g/mol. The highest BCUT2D eigenvalue weighted by atomic mass is 31.2. The minimum Gasteiger partial charge on any atom is -0.756 e. The number of nitrogens with zero attached hydrogens (tertiary/aromatic N) is 1. The van der Waals surface area contributed by atoms with Gasteiger partial charge >= 0.3 is 5.97 Å². The molecular formula is C41H82NO7P. The number of likely N-dealkylation sites (N-methyl/N-ethyl adjacent to an activating group) is 1. The Bertz CT molecular complexity index is 817. The molecule has 0 saturated heterocycles. The molecule has 0 rings (SSSR count). The Morgan fingerprint density at radius 1 is 0.600 bits per heavy atom. The number of carbonyl (C=O) groups excluding carboxylic acids is 1. The van der Waals surface area contributed by atoms with Gasteiger partial charge in [0.15, 0.2) is 0 Å². The van der Waals surface area contributed by atoms with Crippen molar-refractivity contribution in [3.05, 3.63) is 12.2 Å². The van der Waals surface area contributed by atoms with Gasteiger partial charge in [0.2, 0.25) is 0 Å². The zero-order valence-electron chi connectivity index (χ0n) is 33.6. The minimum atomic E-state index is -4.52. The van der Waals surface area contributed by atoms with Crippen LogP contribution in [-0.4, -0.2) is 70.7 Å². The van der Waals surface area contributed by atoms with E-state index in [-0.39, 0.29) is 25.8 Å². The molecule has 0 aliphatic carbocycles. The highest BCUT2D eigenvalue weighted by Crippen LogP contribution is 2.38. The zero-order chi connectivity index (χ0) is 37.0. The maximum atomic E-state index is 12.6. The summed E-state index contributed by atoms with van der Waals surface area (Å²) < 4.78 is 34.5. The molecule has 0 heterocycles. The topological polar surface area (TPSA) is 94.1 Å². The lowest BCUT2D eigenvalue weighted by Crippen LogP contribution is -2.37. The number of quaternary nitrogens is 1. The molecule has 0 saturated carbocycles. The summed E-state index contributed by atoms with van der Waals surface area (Å²) in [6.07, 6.45) is 36.4. The second kappa shape index (κ2) is 35.3. The van der Waals surface area contributed by atoms with Gasteiger partial charge in [-0.1, -0.05) is 154 Å². The molecule has 0 aliphatic heterocycles. The van der Waals surface area contributed by atoms with Crippen LogP contribution in [0, 0.1) is 0 Å². The molecule has 0 aromatic rings. The molecule has 0 aromatic heterocycles. The van der Waals surface area contributed by atoms with Gasteiger partial charge in [-0.05, 0) is 38.5 Å². The van der Waals surface area contributed by atoms with Crippen molar-refractivity contribution in [2.24, 2.45) is 0 Å². The molecule has 50 heavy (non-hydrogen) atoms. The van der Waals surface area contributed by atoms with E-state index in [4.69, 9.17) is 18.5 Å². The van der Waals surface area contributed by atoms with Gasteiger partial charge in [-0.2, -0.15) is 0 Å². The van der Waals surface area contributed by atoms with Crippen LogP contribution in [0.15, 0.2) is 12.2 Å². The summed E-state index contributed by atoms with van der Waals surface area (Å²) in [4.78, 5) is 25.0. The molecule has 9 heteroatoms. The van der Waals surface area contributed by atoms with E-state index in [1.807, 2.05) is 21.1 Å². The SMILES string of the molecule is CCCCCCC/C=C\CCCCCCCC(=O)OC(COCCCCCCCCCCCCCCCC)COP(=O)([O-])OCC[N+](C)(C)C. The molecule has 0 spiro atoms. The third-order valence-electron chi connectivity index (χ3n) is 9.07. The molecule has 0 N–H and O–H groups in total. The van der Waals surface area contributed by atoms with Gasteiger partial charge in [0, 0.05) is 13.0 Å². The van der Waals surface area contributed by atoms with Crippen molar-refractivity contribution in [3.63, 3.8) is 0 Å². The predicted octanol–water partition coefficient (Wildman–Crippen LogP) is 11.3. The quantitative estimate of drug-likeness (QED) is 0.0204. The van der Waals surface area contributed by atoms with E-state index in [1.165, 1.54) is 122 Å². The summed E-state index contributed by atoms with van der Waals surface area (Å²) in [6, 6.07) is 0. The Morgan fingerprint density at radius 3 is 1.52 bits per heavy atom. The molecule has 2 atom stereocenters. The van der Waals surface area contributed by atoms with Gasteiger partial charge in [0.1, 0.15) is 19.3 Å². The van der Waals surface area contributed by atoms with E-state index in [9.17, 15) is 14.3 Å². The number of unbranched alkanes of at least 4 members (excludes halogenated alkanes) is 23. The Morgan fingerprint density at radius 2 is 1.04 bits per heavy atom. The maximum absolute atomic E-state index is 12.6. The first-order valence-corrected chi connectivity index (χ1v) is 22.4. The van der Waals surface area contributed by atoms with E-state index >= 15 is 0 Å². The van der Waals surface area contributed by atoms with Gasteiger partial charge in [-0.25, -0.2) is 0 Å². The average molecular weight is 732 g/mol. The third kappa shape index (κ3) is 38.5. The fourth-order valence-corrected chi connectivity index (χ4v) is 6.50. The van der Waals surface area contributed by atoms with Crippen molar-refractivity contribution in [1.29, 1.82) is 0 Å². The molecule has 0 amide bonds. The van der Waals surface area contributed by atoms with Crippen molar-refractivity contribution >= 4 is 13.8 Å². The van der Waals surface area contributed by atoms with E-state index < -0.39 is 13.9 Å². The smallest absolute Gasteiger partial charge is 0.306 e. The van der Waals surface area contributed by atoms with E-state index in [0.29, 0.717) is 24.1 Å². The van der Waals surface area contributed by atoms with Crippen LogP contribution in [-0.2, 0) is 27.9 Å². The van der Waals surface area contributed by atoms with E-state index in [0.717, 1.165) is 44.9 Å². The summed E-state index contributed by atoms with van der Waals surface area (Å²) in [6.45, 7) is 5.42. The van der Waals surface area contributed by atoms with Gasteiger partial charge in [-0.15, -0.1) is 0 Å². The van der Waals surface area contributed by atoms with Crippen LogP contribution < -0.4 is 4.89 Å². The van der Waals surface area contributed by atoms with Crippen molar-refractivity contribution in [2.75, 3.05) is 54.1 Å². The van der Waals surface area contributed by atoms with Gasteiger partial charge < -0.3 is 27.9 Å². The van der Waals surface area contributed by atoms with Crippen molar-refractivity contribution in [2.45, 2.75) is 193 Å². The number of carbonyl (C=O) groups is 1. The number of hydrogen-bond acceptors (Lipinski definition) is 7. The molecule has 0 radical (unpaired) electrons. The molecule has 0 aliphatic rings. The number of allylic oxidation sites excluding steroid dienone is 2. The summed E-state index contributed by atoms with van der Waals surface area (Å²) in [7, 11) is 1.36. The number of ether oxygens (including phenoxy) is 2. The number of hydrogen-bond donors (Lipinski definition) is 0. The first-order chi connectivity index (χ1) is 24.1. The second-order valence-electron chi connectivity index (χ2n) is 15.4. The Labute approximate surface area is 310 Å². The largest absolute Gasteiger partial charge is 0.756 e. The lowest BCUT2D eigenvalue weighted by Gasteiger charge is -2.28. The molecular weight excluding hydrogens is 649 g/mol. The Hall–Kier alpha value is -0.760. The molecule has 0 bridgehead atoms. The van der Waals surface area contributed by atoms with Crippen LogP contribution in [0.4, 0.5) is 0 Å². The van der Waals surface area contributed by atoms with Gasteiger partial charge in [-0.3, -0.25) is 9.36 Å². The molecule has 2 unspecified atom stereocenters. The lowest BCUT2D eigenvalue weighted by molar-refractivity contribution is -0.870. The molecule has 298 valence electrons. The van der Waals surface area contributed by atoms with Crippen LogP contribution in [0.1, 0.15) is 187 Å². The summed E-state index contributed by atoms with van der Waals surface area (Å²) in [5.41, 5.74) is 0. The number of phosphoric acid groups is 1. The fraction of sp³-hybridized carbons (Fsp3) is 0.927. The third-order valence-corrected chi connectivity index (χ3v) is 10.0. The van der Waals surface area contributed by atoms with Crippen LogP contribution in [0.3, 0.4) is 0 Å². The number of phosphoric ester groups is 1. The summed E-state index contributed by atoms with van der Waals surface area (Å²) in [5, 5.41) is 0. The average Bonchev–Trinajstić information content (AvgIpc) is 3.06. The summed E-state index contributed by atoms with van der Waals surface area (Å²) in [5.74, 6) is -0.341. The van der Waals surface area contributed by atoms with Gasteiger partial charge in [0.25, 0.3) is 7.82 Å². The summed E-state index contributed by atoms with van der Waals surface area (Å²) >= 11 is 0. The highest BCUT2D eigenvalue weighted by molar-refractivity contribution is 7.45. The second-order valence-corrected chi connectivity index (χ2v) is 16.8. The maximum Gasteiger partial charge on any atom is 0.306 e. The zero-order valence-corrected chi connectivity index (χ0v) is 34.5. The minimum absolute atomic E-state index is 0.0275. The molecule has 0 aromatic carbocycles. The number of rotatable bonds is 39. The number of esters is 1. The van der Waals surface area contributed by atoms with E-state index in [2.05, 4.69) is 26.0 Å². The fourth-order valence-electron chi connectivity index (χ4n) is 5.78.